The van der Waals surface area contributed by atoms with E-state index in [-0.39, 0.29) is 23.7 Å². The summed E-state index contributed by atoms with van der Waals surface area (Å²) in [6, 6.07) is 23.0. The minimum absolute atomic E-state index is 0.00224. The number of para-hydroxylation sites is 1. The van der Waals surface area contributed by atoms with Crippen LogP contribution in [0.5, 0.6) is 0 Å². The molecule has 1 heterocycles. The third kappa shape index (κ3) is 6.59. The molecule has 1 aliphatic carbocycles. The van der Waals surface area contributed by atoms with Gasteiger partial charge in [0.05, 0.1) is 16.3 Å². The van der Waals surface area contributed by atoms with Gasteiger partial charge in [-0.15, -0.1) is 0 Å². The van der Waals surface area contributed by atoms with Crippen LogP contribution >= 0.6 is 11.6 Å². The van der Waals surface area contributed by atoms with E-state index in [2.05, 4.69) is 10.3 Å². The van der Waals surface area contributed by atoms with Crippen molar-refractivity contribution in [2.24, 2.45) is 0 Å². The predicted molar refractivity (Wildman–Crippen MR) is 156 cm³/mol. The quantitative estimate of drug-likeness (QED) is 0.217. The zero-order valence-electron chi connectivity index (χ0n) is 22.8. The number of halogens is 5. The van der Waals surface area contributed by atoms with E-state index >= 15 is 0 Å². The highest BCUT2D eigenvalue weighted by Gasteiger charge is 2.42. The number of urea groups is 1. The number of pyridine rings is 1. The summed E-state index contributed by atoms with van der Waals surface area (Å²) in [5.41, 5.74) is -1.35. The Kier molecular flexibility index (Phi) is 8.82. The first-order chi connectivity index (χ1) is 20.2. The van der Waals surface area contributed by atoms with Gasteiger partial charge in [-0.05, 0) is 66.4 Å². The van der Waals surface area contributed by atoms with Crippen molar-refractivity contribution < 1.29 is 22.4 Å². The summed E-state index contributed by atoms with van der Waals surface area (Å²) in [6.45, 7) is 0. The van der Waals surface area contributed by atoms with Gasteiger partial charge in [-0.1, -0.05) is 79.4 Å². The van der Waals surface area contributed by atoms with E-state index in [1.54, 1.807) is 41.3 Å². The molecular formula is C33H30ClF4N3O. The Bertz CT molecular complexity index is 1490. The van der Waals surface area contributed by atoms with E-state index in [1.807, 2.05) is 36.4 Å². The second-order valence-corrected chi connectivity index (χ2v) is 11.0. The Balaban J connectivity index is 1.72. The fraction of sp³-hybridized carbons (Fsp3) is 0.273. The lowest BCUT2D eigenvalue weighted by molar-refractivity contribution is -0.137. The van der Waals surface area contributed by atoms with Crippen LogP contribution in [0.2, 0.25) is 5.02 Å². The molecule has 1 fully saturated rings. The summed E-state index contributed by atoms with van der Waals surface area (Å²) in [6.07, 6.45) is 1.09. The second kappa shape index (κ2) is 12.5. The summed E-state index contributed by atoms with van der Waals surface area (Å²) >= 11 is 6.15. The Hall–Kier alpha value is -3.91. The number of nitrogens with one attached hydrogen (secondary N) is 1. The Morgan fingerprint density at radius 1 is 0.881 bits per heavy atom. The average molecular weight is 596 g/mol. The van der Waals surface area contributed by atoms with Crippen LogP contribution in [0, 0.1) is 5.82 Å². The number of hydrogen-bond acceptors (Lipinski definition) is 2. The molecule has 1 saturated carbocycles. The van der Waals surface area contributed by atoms with E-state index in [9.17, 15) is 22.4 Å². The topological polar surface area (TPSA) is 45.2 Å². The number of hydrogen-bond donors (Lipinski definition) is 1. The number of nitrogens with zero attached hydrogens (tertiary/aromatic N) is 2. The number of carbonyl (C=O) groups is 1. The standard InChI is InChI=1S/C33H30ClF4N3O/c34-26-16-17-30(39-22-26)32(21-23-10-4-1-5-11-23,24-18-25(33(36,37)38)20-27(35)19-24)40-31(42)41(28-12-6-2-7-13-28)29-14-8-3-9-15-29/h1-2,4-7,10-13,16-20,22,29H,3,8-9,14-15,21H2,(H,40,42)/t32-/m0/s1. The maximum Gasteiger partial charge on any atom is 0.416 e. The van der Waals surface area contributed by atoms with Crippen molar-refractivity contribution in [1.82, 2.24) is 10.3 Å². The molecule has 3 aromatic carbocycles. The predicted octanol–water partition coefficient (Wildman–Crippen LogP) is 8.93. The highest BCUT2D eigenvalue weighted by Crippen LogP contribution is 2.39. The van der Waals surface area contributed by atoms with Gasteiger partial charge in [0.25, 0.3) is 0 Å². The molecule has 42 heavy (non-hydrogen) atoms. The van der Waals surface area contributed by atoms with Crippen LogP contribution in [0.1, 0.15) is 54.5 Å². The lowest BCUT2D eigenvalue weighted by Gasteiger charge is -2.40. The molecule has 9 heteroatoms. The average Bonchev–Trinajstić information content (AvgIpc) is 2.98. The summed E-state index contributed by atoms with van der Waals surface area (Å²) in [7, 11) is 0. The van der Waals surface area contributed by atoms with E-state index < -0.39 is 29.1 Å². The van der Waals surface area contributed by atoms with Gasteiger partial charge in [-0.25, -0.2) is 9.18 Å². The van der Waals surface area contributed by atoms with E-state index in [1.165, 1.54) is 6.20 Å². The minimum Gasteiger partial charge on any atom is -0.322 e. The van der Waals surface area contributed by atoms with Gasteiger partial charge >= 0.3 is 12.2 Å². The summed E-state index contributed by atoms with van der Waals surface area (Å²) in [4.78, 5) is 20.6. The van der Waals surface area contributed by atoms with Crippen LogP contribution in [-0.4, -0.2) is 17.1 Å². The van der Waals surface area contributed by atoms with Crippen molar-refractivity contribution in [2.45, 2.75) is 56.3 Å². The number of benzene rings is 3. The first-order valence-electron chi connectivity index (χ1n) is 13.9. The zero-order chi connectivity index (χ0) is 29.7. The van der Waals surface area contributed by atoms with Gasteiger partial charge in [0.15, 0.2) is 0 Å². The van der Waals surface area contributed by atoms with Crippen LogP contribution in [0.25, 0.3) is 0 Å². The molecule has 1 atom stereocenters. The fourth-order valence-corrected chi connectivity index (χ4v) is 5.83. The molecule has 1 aromatic heterocycles. The molecule has 1 N–H and O–H groups in total. The molecule has 218 valence electrons. The molecule has 0 unspecified atom stereocenters. The highest BCUT2D eigenvalue weighted by molar-refractivity contribution is 6.30. The van der Waals surface area contributed by atoms with Gasteiger partial charge in [-0.2, -0.15) is 13.2 Å². The summed E-state index contributed by atoms with van der Waals surface area (Å²) in [5.74, 6) is -1.08. The summed E-state index contributed by atoms with van der Waals surface area (Å²) < 4.78 is 56.9. The Labute approximate surface area is 247 Å². The van der Waals surface area contributed by atoms with Crippen molar-refractivity contribution in [3.8, 4) is 0 Å². The highest BCUT2D eigenvalue weighted by atomic mass is 35.5. The van der Waals surface area contributed by atoms with Gasteiger partial charge in [0.1, 0.15) is 11.4 Å². The molecule has 5 rings (SSSR count). The fourth-order valence-electron chi connectivity index (χ4n) is 5.72. The Morgan fingerprint density at radius 3 is 2.14 bits per heavy atom. The molecule has 0 bridgehead atoms. The van der Waals surface area contributed by atoms with Crippen molar-refractivity contribution in [2.75, 3.05) is 4.90 Å². The Morgan fingerprint density at radius 2 is 1.52 bits per heavy atom. The maximum atomic E-state index is 15.0. The number of aromatic nitrogens is 1. The van der Waals surface area contributed by atoms with E-state index in [0.29, 0.717) is 22.3 Å². The first kappa shape index (κ1) is 29.6. The lowest BCUT2D eigenvalue weighted by Crippen LogP contribution is -2.56. The van der Waals surface area contributed by atoms with Gasteiger partial charge in [0.2, 0.25) is 0 Å². The van der Waals surface area contributed by atoms with E-state index in [4.69, 9.17) is 11.6 Å². The summed E-state index contributed by atoms with van der Waals surface area (Å²) in [5, 5.41) is 3.39. The molecular weight excluding hydrogens is 566 g/mol. The smallest absolute Gasteiger partial charge is 0.322 e. The van der Waals surface area contributed by atoms with E-state index in [0.717, 1.165) is 44.2 Å². The number of amides is 2. The van der Waals surface area contributed by atoms with Gasteiger partial charge < -0.3 is 5.32 Å². The number of anilines is 1. The SMILES string of the molecule is O=C(N[C@@](Cc1ccccc1)(c1cc(F)cc(C(F)(F)F)c1)c1ccc(Cl)cn1)N(c1ccccc1)C1CCCCC1. The van der Waals surface area contributed by atoms with Crippen molar-refractivity contribution >= 4 is 23.3 Å². The number of alkyl halides is 3. The molecule has 0 aliphatic heterocycles. The molecule has 2 amide bonds. The van der Waals surface area contributed by atoms with Crippen LogP contribution < -0.4 is 10.2 Å². The minimum atomic E-state index is -4.81. The van der Waals surface area contributed by atoms with Crippen molar-refractivity contribution in [3.63, 3.8) is 0 Å². The lowest BCUT2D eigenvalue weighted by atomic mass is 9.79. The van der Waals surface area contributed by atoms with Crippen LogP contribution in [0.15, 0.2) is 97.2 Å². The zero-order valence-corrected chi connectivity index (χ0v) is 23.5. The molecule has 0 spiro atoms. The third-order valence-electron chi connectivity index (χ3n) is 7.71. The van der Waals surface area contributed by atoms with Crippen molar-refractivity contribution in [1.29, 1.82) is 0 Å². The largest absolute Gasteiger partial charge is 0.416 e. The molecule has 1 aliphatic rings. The van der Waals surface area contributed by atoms with Crippen LogP contribution in [0.4, 0.5) is 28.0 Å². The molecule has 4 aromatic rings. The molecule has 4 nitrogen and oxygen atoms in total. The second-order valence-electron chi connectivity index (χ2n) is 10.6. The number of rotatable bonds is 7. The maximum absolute atomic E-state index is 15.0. The third-order valence-corrected chi connectivity index (χ3v) is 7.93. The van der Waals surface area contributed by atoms with Crippen LogP contribution in [0.3, 0.4) is 0 Å². The van der Waals surface area contributed by atoms with Gasteiger partial charge in [0, 0.05) is 24.3 Å². The number of carbonyl (C=O) groups excluding carboxylic acids is 1. The van der Waals surface area contributed by atoms with Crippen LogP contribution in [-0.2, 0) is 18.1 Å². The van der Waals surface area contributed by atoms with Crippen molar-refractivity contribution in [3.05, 3.63) is 130 Å². The first-order valence-corrected chi connectivity index (χ1v) is 14.2. The molecule has 0 radical (unpaired) electrons. The monoisotopic (exact) mass is 595 g/mol. The van der Waals surface area contributed by atoms with Gasteiger partial charge in [-0.3, -0.25) is 9.88 Å². The normalized spacial score (nSPS) is 15.5. The molecule has 0 saturated heterocycles.